The van der Waals surface area contributed by atoms with Gasteiger partial charge in [0.2, 0.25) is 0 Å². The molecule has 1 fully saturated rings. The van der Waals surface area contributed by atoms with Gasteiger partial charge in [-0.05, 0) is 78.9 Å². The summed E-state index contributed by atoms with van der Waals surface area (Å²) in [5.41, 5.74) is 0. The van der Waals surface area contributed by atoms with Crippen molar-refractivity contribution in [3.8, 4) is 0 Å². The van der Waals surface area contributed by atoms with Gasteiger partial charge in [0.05, 0.1) is 0 Å². The monoisotopic (exact) mass is 255 g/mol. The van der Waals surface area contributed by atoms with Gasteiger partial charge in [-0.3, -0.25) is 0 Å². The zero-order valence-electron chi connectivity index (χ0n) is 12.7. The Hall–Kier alpha value is -0.120. The van der Waals surface area contributed by atoms with Crippen molar-refractivity contribution in [2.24, 2.45) is 0 Å². The molecule has 108 valence electrons. The van der Waals surface area contributed by atoms with E-state index in [0.29, 0.717) is 0 Å². The van der Waals surface area contributed by atoms with Crippen LogP contribution in [0.15, 0.2) is 0 Å². The molecular weight excluding hydrogens is 222 g/mol. The van der Waals surface area contributed by atoms with Gasteiger partial charge in [-0.15, -0.1) is 0 Å². The summed E-state index contributed by atoms with van der Waals surface area (Å²) in [6.07, 6.45) is 8.22. The number of nitrogens with zero attached hydrogens (tertiary/aromatic N) is 2. The van der Waals surface area contributed by atoms with Gasteiger partial charge in [-0.2, -0.15) is 0 Å². The van der Waals surface area contributed by atoms with E-state index in [1.165, 1.54) is 71.2 Å². The maximum absolute atomic E-state index is 3.59. The van der Waals surface area contributed by atoms with E-state index in [-0.39, 0.29) is 0 Å². The predicted octanol–water partition coefficient (Wildman–Crippen LogP) is 2.18. The minimum absolute atomic E-state index is 0.878. The number of nitrogens with one attached hydrogen (secondary N) is 1. The van der Waals surface area contributed by atoms with Crippen LogP contribution in [0.1, 0.15) is 45.4 Å². The van der Waals surface area contributed by atoms with Crippen molar-refractivity contribution in [3.05, 3.63) is 0 Å². The summed E-state index contributed by atoms with van der Waals surface area (Å²) in [6, 6.07) is 0.878. The Balaban J connectivity index is 1.86. The number of hydrogen-bond donors (Lipinski definition) is 1. The van der Waals surface area contributed by atoms with Crippen LogP contribution in [-0.2, 0) is 0 Å². The molecule has 18 heavy (non-hydrogen) atoms. The molecule has 1 aliphatic rings. The van der Waals surface area contributed by atoms with Crippen LogP contribution in [0, 0.1) is 0 Å². The first kappa shape index (κ1) is 15.9. The smallest absolute Gasteiger partial charge is 0.00682 e. The van der Waals surface area contributed by atoms with Crippen LogP contribution in [0.2, 0.25) is 0 Å². The maximum atomic E-state index is 3.59. The molecule has 0 spiro atoms. The van der Waals surface area contributed by atoms with Crippen LogP contribution in [0.5, 0.6) is 0 Å². The lowest BCUT2D eigenvalue weighted by Crippen LogP contribution is -2.28. The zero-order valence-corrected chi connectivity index (χ0v) is 12.7. The molecule has 1 saturated carbocycles. The Bertz CT molecular complexity index is 190. The minimum Gasteiger partial charge on any atom is -0.314 e. The Labute approximate surface area is 114 Å². The molecule has 0 aromatic carbocycles. The molecule has 0 unspecified atom stereocenters. The lowest BCUT2D eigenvalue weighted by atomic mass is 10.2. The van der Waals surface area contributed by atoms with E-state index < -0.39 is 0 Å². The van der Waals surface area contributed by atoms with Gasteiger partial charge < -0.3 is 15.1 Å². The summed E-state index contributed by atoms with van der Waals surface area (Å²) in [6.45, 7) is 8.47. The van der Waals surface area contributed by atoms with Crippen LogP contribution >= 0.6 is 0 Å². The van der Waals surface area contributed by atoms with Gasteiger partial charge in [-0.1, -0.05) is 13.3 Å². The first-order chi connectivity index (χ1) is 8.72. The van der Waals surface area contributed by atoms with Gasteiger partial charge in [-0.25, -0.2) is 0 Å². The molecule has 0 radical (unpaired) electrons. The normalized spacial score (nSPS) is 15.8. The van der Waals surface area contributed by atoms with E-state index in [2.05, 4.69) is 36.1 Å². The van der Waals surface area contributed by atoms with E-state index >= 15 is 0 Å². The molecular formula is C15H33N3. The third kappa shape index (κ3) is 8.90. The summed E-state index contributed by atoms with van der Waals surface area (Å²) in [5, 5.41) is 3.59. The summed E-state index contributed by atoms with van der Waals surface area (Å²) in [5.74, 6) is 0. The molecule has 1 N–H and O–H groups in total. The van der Waals surface area contributed by atoms with Crippen molar-refractivity contribution in [2.75, 3.05) is 46.8 Å². The highest BCUT2D eigenvalue weighted by atomic mass is 15.1. The molecule has 1 aliphatic carbocycles. The maximum Gasteiger partial charge on any atom is 0.00682 e. The highest BCUT2D eigenvalue weighted by Crippen LogP contribution is 2.18. The lowest BCUT2D eigenvalue weighted by molar-refractivity contribution is 0.261. The first-order valence-electron chi connectivity index (χ1n) is 7.83. The molecule has 0 aliphatic heterocycles. The van der Waals surface area contributed by atoms with Crippen molar-refractivity contribution in [1.29, 1.82) is 0 Å². The molecule has 1 rings (SSSR count). The van der Waals surface area contributed by atoms with Crippen LogP contribution < -0.4 is 5.32 Å². The number of rotatable bonds is 12. The van der Waals surface area contributed by atoms with Gasteiger partial charge in [0.15, 0.2) is 0 Å². The highest BCUT2D eigenvalue weighted by Gasteiger charge is 2.19. The fourth-order valence-electron chi connectivity index (χ4n) is 2.27. The van der Waals surface area contributed by atoms with E-state index in [9.17, 15) is 0 Å². The molecule has 0 aromatic heterocycles. The van der Waals surface area contributed by atoms with Crippen LogP contribution in [0.4, 0.5) is 0 Å². The lowest BCUT2D eigenvalue weighted by Gasteiger charge is -2.21. The molecule has 0 bridgehead atoms. The standard InChI is InChI=1S/C15H33N3/c1-4-18(14-8-12-17(2)3)13-7-5-6-11-16-15-9-10-15/h15-16H,4-14H2,1-3H3. The molecule has 0 atom stereocenters. The quantitative estimate of drug-likeness (QED) is 0.539. The van der Waals surface area contributed by atoms with E-state index in [1.807, 2.05) is 0 Å². The first-order valence-corrected chi connectivity index (χ1v) is 7.83. The van der Waals surface area contributed by atoms with Crippen molar-refractivity contribution < 1.29 is 0 Å². The van der Waals surface area contributed by atoms with E-state index in [1.54, 1.807) is 0 Å². The average molecular weight is 255 g/mol. The highest BCUT2D eigenvalue weighted by molar-refractivity contribution is 4.80. The fourth-order valence-corrected chi connectivity index (χ4v) is 2.27. The Kier molecular flexibility index (Phi) is 8.64. The molecule has 3 heteroatoms. The largest absolute Gasteiger partial charge is 0.314 e. The second kappa shape index (κ2) is 9.76. The average Bonchev–Trinajstić information content (AvgIpc) is 3.14. The molecule has 0 aromatic rings. The molecule has 0 heterocycles. The predicted molar refractivity (Wildman–Crippen MR) is 80.2 cm³/mol. The van der Waals surface area contributed by atoms with Gasteiger partial charge in [0.25, 0.3) is 0 Å². The SMILES string of the molecule is CCN(CCCCCNC1CC1)CCCN(C)C. The van der Waals surface area contributed by atoms with Crippen molar-refractivity contribution >= 4 is 0 Å². The van der Waals surface area contributed by atoms with Gasteiger partial charge in [0, 0.05) is 6.04 Å². The third-order valence-electron chi connectivity index (χ3n) is 3.69. The van der Waals surface area contributed by atoms with Gasteiger partial charge in [0.1, 0.15) is 0 Å². The van der Waals surface area contributed by atoms with Gasteiger partial charge >= 0.3 is 0 Å². The number of unbranched alkanes of at least 4 members (excludes halogenated alkanes) is 2. The third-order valence-corrected chi connectivity index (χ3v) is 3.69. The molecule has 3 nitrogen and oxygen atoms in total. The summed E-state index contributed by atoms with van der Waals surface area (Å²) < 4.78 is 0. The second-order valence-corrected chi connectivity index (χ2v) is 5.88. The number of hydrogen-bond acceptors (Lipinski definition) is 3. The Morgan fingerprint density at radius 2 is 1.67 bits per heavy atom. The minimum atomic E-state index is 0.878. The summed E-state index contributed by atoms with van der Waals surface area (Å²) >= 11 is 0. The van der Waals surface area contributed by atoms with Crippen molar-refractivity contribution in [3.63, 3.8) is 0 Å². The zero-order chi connectivity index (χ0) is 13.2. The summed E-state index contributed by atoms with van der Waals surface area (Å²) in [4.78, 5) is 4.87. The second-order valence-electron chi connectivity index (χ2n) is 5.88. The fraction of sp³-hybridized carbons (Fsp3) is 1.00. The Morgan fingerprint density at radius 3 is 2.28 bits per heavy atom. The van der Waals surface area contributed by atoms with E-state index in [4.69, 9.17) is 0 Å². The van der Waals surface area contributed by atoms with Crippen molar-refractivity contribution in [2.45, 2.75) is 51.5 Å². The Morgan fingerprint density at radius 1 is 0.944 bits per heavy atom. The van der Waals surface area contributed by atoms with Crippen LogP contribution in [0.25, 0.3) is 0 Å². The molecule has 0 saturated heterocycles. The van der Waals surface area contributed by atoms with Crippen LogP contribution in [-0.4, -0.2) is 62.7 Å². The topological polar surface area (TPSA) is 18.5 Å². The molecule has 0 amide bonds. The summed E-state index contributed by atoms with van der Waals surface area (Å²) in [7, 11) is 4.31. The van der Waals surface area contributed by atoms with Crippen molar-refractivity contribution in [1.82, 2.24) is 15.1 Å². The van der Waals surface area contributed by atoms with Crippen LogP contribution in [0.3, 0.4) is 0 Å². The van der Waals surface area contributed by atoms with E-state index in [0.717, 1.165) is 6.04 Å².